The fourth-order valence-corrected chi connectivity index (χ4v) is 2.89. The van der Waals surface area contributed by atoms with Gasteiger partial charge in [-0.15, -0.1) is 0 Å². The summed E-state index contributed by atoms with van der Waals surface area (Å²) in [4.78, 5) is 0. The minimum atomic E-state index is 0.436. The van der Waals surface area contributed by atoms with Crippen LogP contribution >= 0.6 is 0 Å². The van der Waals surface area contributed by atoms with E-state index < -0.39 is 0 Å². The Labute approximate surface area is 141 Å². The molecule has 0 atom stereocenters. The summed E-state index contributed by atoms with van der Waals surface area (Å²) in [7, 11) is 0. The maximum atomic E-state index is 5.90. The molecule has 0 spiro atoms. The molecule has 0 aliphatic heterocycles. The molecule has 2 heteroatoms. The van der Waals surface area contributed by atoms with Crippen molar-refractivity contribution < 1.29 is 9.15 Å². The molecule has 0 unspecified atom stereocenters. The molecular formula is C22H18O2. The minimum Gasteiger partial charge on any atom is -0.486 e. The number of hydrogen-bond acceptors (Lipinski definition) is 2. The van der Waals surface area contributed by atoms with Crippen LogP contribution in [-0.2, 0) is 6.61 Å². The average molecular weight is 314 g/mol. The fourth-order valence-electron chi connectivity index (χ4n) is 2.89. The molecule has 0 saturated carbocycles. The van der Waals surface area contributed by atoms with E-state index in [2.05, 4.69) is 37.3 Å². The molecule has 4 rings (SSSR count). The Morgan fingerprint density at radius 2 is 1.42 bits per heavy atom. The summed E-state index contributed by atoms with van der Waals surface area (Å²) < 4.78 is 11.8. The number of aryl methyl sites for hydroxylation is 1. The van der Waals surface area contributed by atoms with Crippen LogP contribution in [0.4, 0.5) is 0 Å². The number of benzene rings is 3. The van der Waals surface area contributed by atoms with Crippen molar-refractivity contribution in [3.8, 4) is 16.9 Å². The fraction of sp³-hybridized carbons (Fsp3) is 0.0909. The third-order valence-corrected chi connectivity index (χ3v) is 4.27. The molecule has 2 nitrogen and oxygen atoms in total. The van der Waals surface area contributed by atoms with Crippen molar-refractivity contribution in [2.75, 3.05) is 0 Å². The predicted octanol–water partition coefficient (Wildman–Crippen LogP) is 5.99. The Balaban J connectivity index is 1.50. The zero-order chi connectivity index (χ0) is 16.4. The Hall–Kier alpha value is -3.00. The zero-order valence-corrected chi connectivity index (χ0v) is 13.5. The average Bonchev–Trinajstić information content (AvgIpc) is 2.97. The SMILES string of the molecule is Cc1c(COc2ccc(-c3ccccc3)cc2)oc2ccccc12. The summed E-state index contributed by atoms with van der Waals surface area (Å²) in [6.45, 7) is 2.51. The largest absolute Gasteiger partial charge is 0.486 e. The van der Waals surface area contributed by atoms with Crippen LogP contribution in [0.25, 0.3) is 22.1 Å². The molecule has 118 valence electrons. The van der Waals surface area contributed by atoms with Crippen molar-refractivity contribution >= 4 is 11.0 Å². The van der Waals surface area contributed by atoms with Crippen molar-refractivity contribution in [3.63, 3.8) is 0 Å². The molecule has 0 saturated heterocycles. The van der Waals surface area contributed by atoms with Gasteiger partial charge in [0.15, 0.2) is 0 Å². The monoisotopic (exact) mass is 314 g/mol. The lowest BCUT2D eigenvalue weighted by Gasteiger charge is -2.07. The van der Waals surface area contributed by atoms with E-state index in [1.807, 2.05) is 48.5 Å². The highest BCUT2D eigenvalue weighted by atomic mass is 16.5. The van der Waals surface area contributed by atoms with Gasteiger partial charge in [-0.1, -0.05) is 60.7 Å². The van der Waals surface area contributed by atoms with E-state index in [-0.39, 0.29) is 0 Å². The zero-order valence-electron chi connectivity index (χ0n) is 13.5. The number of ether oxygens (including phenoxy) is 1. The summed E-state index contributed by atoms with van der Waals surface area (Å²) >= 11 is 0. The minimum absolute atomic E-state index is 0.436. The van der Waals surface area contributed by atoms with E-state index in [0.29, 0.717) is 6.61 Å². The second kappa shape index (κ2) is 6.25. The lowest BCUT2D eigenvalue weighted by Crippen LogP contribution is -1.95. The molecule has 1 aromatic heterocycles. The number of hydrogen-bond donors (Lipinski definition) is 0. The Morgan fingerprint density at radius 1 is 0.750 bits per heavy atom. The maximum absolute atomic E-state index is 5.90. The van der Waals surface area contributed by atoms with Crippen LogP contribution in [-0.4, -0.2) is 0 Å². The van der Waals surface area contributed by atoms with E-state index in [1.165, 1.54) is 11.1 Å². The smallest absolute Gasteiger partial charge is 0.146 e. The van der Waals surface area contributed by atoms with Gasteiger partial charge >= 0.3 is 0 Å². The van der Waals surface area contributed by atoms with Gasteiger partial charge in [-0.25, -0.2) is 0 Å². The molecule has 0 N–H and O–H groups in total. The van der Waals surface area contributed by atoms with Gasteiger partial charge in [-0.05, 0) is 36.2 Å². The van der Waals surface area contributed by atoms with Crippen LogP contribution in [0.5, 0.6) is 5.75 Å². The van der Waals surface area contributed by atoms with Crippen LogP contribution in [0.1, 0.15) is 11.3 Å². The van der Waals surface area contributed by atoms with Crippen LogP contribution in [0.2, 0.25) is 0 Å². The van der Waals surface area contributed by atoms with Gasteiger partial charge in [-0.2, -0.15) is 0 Å². The topological polar surface area (TPSA) is 22.4 Å². The van der Waals surface area contributed by atoms with Crippen LogP contribution < -0.4 is 4.74 Å². The number of rotatable bonds is 4. The van der Waals surface area contributed by atoms with E-state index >= 15 is 0 Å². The van der Waals surface area contributed by atoms with Crippen LogP contribution in [0.15, 0.2) is 83.3 Å². The van der Waals surface area contributed by atoms with Gasteiger partial charge in [0.05, 0.1) is 0 Å². The molecule has 4 aromatic rings. The maximum Gasteiger partial charge on any atom is 0.146 e. The summed E-state index contributed by atoms with van der Waals surface area (Å²) in [5.41, 5.74) is 4.44. The molecule has 0 aliphatic carbocycles. The summed E-state index contributed by atoms with van der Waals surface area (Å²) in [6, 6.07) is 26.6. The van der Waals surface area contributed by atoms with Crippen LogP contribution in [0.3, 0.4) is 0 Å². The lowest BCUT2D eigenvalue weighted by molar-refractivity contribution is 0.273. The second-order valence-electron chi connectivity index (χ2n) is 5.83. The van der Waals surface area contributed by atoms with Gasteiger partial charge in [0.2, 0.25) is 0 Å². The number of para-hydroxylation sites is 1. The highest BCUT2D eigenvalue weighted by molar-refractivity contribution is 5.81. The van der Waals surface area contributed by atoms with Crippen LogP contribution in [0, 0.1) is 6.92 Å². The first kappa shape index (κ1) is 14.6. The lowest BCUT2D eigenvalue weighted by atomic mass is 10.1. The molecule has 0 aliphatic rings. The van der Waals surface area contributed by atoms with E-state index in [1.54, 1.807) is 0 Å². The Morgan fingerprint density at radius 3 is 2.17 bits per heavy atom. The molecule has 1 heterocycles. The predicted molar refractivity (Wildman–Crippen MR) is 97.2 cm³/mol. The van der Waals surface area contributed by atoms with Crippen molar-refractivity contribution in [2.24, 2.45) is 0 Å². The van der Waals surface area contributed by atoms with E-state index in [4.69, 9.17) is 9.15 Å². The van der Waals surface area contributed by atoms with Gasteiger partial charge in [0.1, 0.15) is 23.7 Å². The first-order chi connectivity index (χ1) is 11.8. The van der Waals surface area contributed by atoms with Gasteiger partial charge in [0.25, 0.3) is 0 Å². The highest BCUT2D eigenvalue weighted by Crippen LogP contribution is 2.27. The normalized spacial score (nSPS) is 10.9. The first-order valence-electron chi connectivity index (χ1n) is 8.06. The van der Waals surface area contributed by atoms with Crippen molar-refractivity contribution in [2.45, 2.75) is 13.5 Å². The molecular weight excluding hydrogens is 296 g/mol. The van der Waals surface area contributed by atoms with Gasteiger partial charge in [0, 0.05) is 10.9 Å². The van der Waals surface area contributed by atoms with Crippen molar-refractivity contribution in [1.29, 1.82) is 0 Å². The Bertz CT molecular complexity index is 950. The second-order valence-corrected chi connectivity index (χ2v) is 5.83. The van der Waals surface area contributed by atoms with Crippen molar-refractivity contribution in [1.82, 2.24) is 0 Å². The summed E-state index contributed by atoms with van der Waals surface area (Å²) in [6.07, 6.45) is 0. The third kappa shape index (κ3) is 2.79. The summed E-state index contributed by atoms with van der Waals surface area (Å²) in [5, 5.41) is 1.15. The molecule has 3 aromatic carbocycles. The van der Waals surface area contributed by atoms with Gasteiger partial charge in [-0.3, -0.25) is 0 Å². The number of furan rings is 1. The Kier molecular flexibility index (Phi) is 3.80. The molecule has 24 heavy (non-hydrogen) atoms. The highest BCUT2D eigenvalue weighted by Gasteiger charge is 2.10. The van der Waals surface area contributed by atoms with E-state index in [0.717, 1.165) is 28.0 Å². The van der Waals surface area contributed by atoms with E-state index in [9.17, 15) is 0 Å². The molecule has 0 bridgehead atoms. The van der Waals surface area contributed by atoms with Gasteiger partial charge < -0.3 is 9.15 Å². The number of fused-ring (bicyclic) bond motifs is 1. The molecule has 0 radical (unpaired) electrons. The molecule has 0 fully saturated rings. The van der Waals surface area contributed by atoms with Crippen molar-refractivity contribution in [3.05, 3.63) is 90.2 Å². The quantitative estimate of drug-likeness (QED) is 0.462. The standard InChI is InChI=1S/C22H18O2/c1-16-20-9-5-6-10-21(20)24-22(16)15-23-19-13-11-18(12-14-19)17-7-3-2-4-8-17/h2-14H,15H2,1H3. The third-order valence-electron chi connectivity index (χ3n) is 4.27. The first-order valence-corrected chi connectivity index (χ1v) is 8.06. The molecule has 0 amide bonds. The summed E-state index contributed by atoms with van der Waals surface area (Å²) in [5.74, 6) is 1.72.